The van der Waals surface area contributed by atoms with Crippen LogP contribution in [0.1, 0.15) is 5.56 Å². The standard InChI is InChI=1S/C13H20ClN3O2S/c1-11-4-5-12(14)10-13(11)16-6-8-17(9-7-16)20(18,19)15(2)3/h4-5,10H,6-9H2,1-3H3. The summed E-state index contributed by atoms with van der Waals surface area (Å²) in [6, 6.07) is 5.79. The highest BCUT2D eigenvalue weighted by molar-refractivity contribution is 7.86. The molecule has 0 amide bonds. The molecule has 1 aromatic carbocycles. The molecular formula is C13H20ClN3O2S. The van der Waals surface area contributed by atoms with E-state index in [2.05, 4.69) is 4.90 Å². The number of halogens is 1. The molecule has 0 radical (unpaired) electrons. The minimum absolute atomic E-state index is 0.493. The Morgan fingerprint density at radius 2 is 1.75 bits per heavy atom. The predicted molar refractivity (Wildman–Crippen MR) is 82.6 cm³/mol. The van der Waals surface area contributed by atoms with Gasteiger partial charge < -0.3 is 4.90 Å². The Labute approximate surface area is 125 Å². The quantitative estimate of drug-likeness (QED) is 0.850. The van der Waals surface area contributed by atoms with Crippen LogP contribution in [0.5, 0.6) is 0 Å². The molecule has 20 heavy (non-hydrogen) atoms. The predicted octanol–water partition coefficient (Wildman–Crippen LogP) is 1.58. The van der Waals surface area contributed by atoms with E-state index in [0.29, 0.717) is 31.2 Å². The SMILES string of the molecule is Cc1ccc(Cl)cc1N1CCN(S(=O)(=O)N(C)C)CC1. The maximum absolute atomic E-state index is 12.1. The number of piperazine rings is 1. The Morgan fingerprint density at radius 1 is 1.15 bits per heavy atom. The molecule has 0 N–H and O–H groups in total. The van der Waals surface area contributed by atoms with E-state index in [1.165, 1.54) is 8.61 Å². The molecule has 1 fully saturated rings. The summed E-state index contributed by atoms with van der Waals surface area (Å²) in [4.78, 5) is 2.18. The van der Waals surface area contributed by atoms with Crippen molar-refractivity contribution >= 4 is 27.5 Å². The first-order valence-electron chi connectivity index (χ1n) is 6.51. The fourth-order valence-corrected chi connectivity index (χ4v) is 3.57. The summed E-state index contributed by atoms with van der Waals surface area (Å²) >= 11 is 6.04. The van der Waals surface area contributed by atoms with E-state index in [1.807, 2.05) is 25.1 Å². The summed E-state index contributed by atoms with van der Waals surface area (Å²) in [5.41, 5.74) is 2.23. The minimum Gasteiger partial charge on any atom is -0.369 e. The topological polar surface area (TPSA) is 43.9 Å². The highest BCUT2D eigenvalue weighted by Crippen LogP contribution is 2.25. The highest BCUT2D eigenvalue weighted by Gasteiger charge is 2.28. The van der Waals surface area contributed by atoms with Crippen LogP contribution >= 0.6 is 11.6 Å². The van der Waals surface area contributed by atoms with Crippen molar-refractivity contribution in [3.63, 3.8) is 0 Å². The highest BCUT2D eigenvalue weighted by atomic mass is 35.5. The summed E-state index contributed by atoms with van der Waals surface area (Å²) < 4.78 is 26.9. The molecule has 0 atom stereocenters. The summed E-state index contributed by atoms with van der Waals surface area (Å²) in [5.74, 6) is 0. The Balaban J connectivity index is 2.10. The molecule has 7 heteroatoms. The van der Waals surface area contributed by atoms with Gasteiger partial charge in [0.2, 0.25) is 0 Å². The van der Waals surface area contributed by atoms with Gasteiger partial charge in [-0.1, -0.05) is 17.7 Å². The van der Waals surface area contributed by atoms with Crippen molar-refractivity contribution < 1.29 is 8.42 Å². The lowest BCUT2D eigenvalue weighted by molar-refractivity contribution is 0.355. The van der Waals surface area contributed by atoms with Crippen LogP contribution in [0.4, 0.5) is 5.69 Å². The Bertz CT molecular complexity index is 581. The molecule has 0 aromatic heterocycles. The van der Waals surface area contributed by atoms with E-state index < -0.39 is 10.2 Å². The zero-order valence-corrected chi connectivity index (χ0v) is 13.6. The number of hydrogen-bond donors (Lipinski definition) is 0. The largest absolute Gasteiger partial charge is 0.369 e. The third-order valence-corrected chi connectivity index (χ3v) is 5.71. The average molecular weight is 318 g/mol. The van der Waals surface area contributed by atoms with E-state index in [9.17, 15) is 8.42 Å². The maximum Gasteiger partial charge on any atom is 0.281 e. The molecule has 1 heterocycles. The van der Waals surface area contributed by atoms with Crippen molar-refractivity contribution in [3.8, 4) is 0 Å². The van der Waals surface area contributed by atoms with E-state index >= 15 is 0 Å². The van der Waals surface area contributed by atoms with Crippen LogP contribution in [0.3, 0.4) is 0 Å². The third kappa shape index (κ3) is 3.09. The maximum atomic E-state index is 12.1. The van der Waals surface area contributed by atoms with Crippen molar-refractivity contribution in [2.45, 2.75) is 6.92 Å². The Morgan fingerprint density at radius 3 is 2.30 bits per heavy atom. The van der Waals surface area contributed by atoms with Gasteiger partial charge in [-0.15, -0.1) is 0 Å². The van der Waals surface area contributed by atoms with Crippen molar-refractivity contribution in [3.05, 3.63) is 28.8 Å². The van der Waals surface area contributed by atoms with E-state index in [4.69, 9.17) is 11.6 Å². The molecule has 1 saturated heterocycles. The van der Waals surface area contributed by atoms with Gasteiger partial charge in [0.05, 0.1) is 0 Å². The van der Waals surface area contributed by atoms with Crippen LogP contribution in [-0.4, -0.2) is 57.3 Å². The molecule has 1 aromatic rings. The summed E-state index contributed by atoms with van der Waals surface area (Å²) in [7, 11) is -0.193. The number of aryl methyl sites for hydroxylation is 1. The van der Waals surface area contributed by atoms with Crippen LogP contribution < -0.4 is 4.90 Å². The molecule has 0 unspecified atom stereocenters. The Kier molecular flexibility index (Phi) is 4.59. The van der Waals surface area contributed by atoms with E-state index in [-0.39, 0.29) is 0 Å². The van der Waals surface area contributed by atoms with Crippen LogP contribution in [0.25, 0.3) is 0 Å². The molecule has 2 rings (SSSR count). The fraction of sp³-hybridized carbons (Fsp3) is 0.538. The van der Waals surface area contributed by atoms with Crippen LogP contribution in [-0.2, 0) is 10.2 Å². The number of rotatable bonds is 3. The molecule has 112 valence electrons. The molecule has 0 aliphatic carbocycles. The molecular weight excluding hydrogens is 298 g/mol. The number of hydrogen-bond acceptors (Lipinski definition) is 3. The van der Waals surface area contributed by atoms with Gasteiger partial charge in [0.15, 0.2) is 0 Å². The summed E-state index contributed by atoms with van der Waals surface area (Å²) in [5, 5.41) is 0.703. The van der Waals surface area contributed by atoms with Gasteiger partial charge in [-0.2, -0.15) is 17.0 Å². The lowest BCUT2D eigenvalue weighted by atomic mass is 10.1. The van der Waals surface area contributed by atoms with Gasteiger partial charge in [-0.3, -0.25) is 0 Å². The second kappa shape index (κ2) is 5.89. The summed E-state index contributed by atoms with van der Waals surface area (Å²) in [6.07, 6.45) is 0. The van der Waals surface area contributed by atoms with Crippen molar-refractivity contribution in [2.75, 3.05) is 45.2 Å². The molecule has 5 nitrogen and oxygen atoms in total. The van der Waals surface area contributed by atoms with Gasteiger partial charge in [0.1, 0.15) is 0 Å². The first-order chi connectivity index (χ1) is 9.32. The van der Waals surface area contributed by atoms with Crippen LogP contribution in [0.15, 0.2) is 18.2 Å². The second-order valence-electron chi connectivity index (χ2n) is 5.11. The van der Waals surface area contributed by atoms with Gasteiger partial charge >= 0.3 is 0 Å². The van der Waals surface area contributed by atoms with E-state index in [1.54, 1.807) is 14.1 Å². The monoisotopic (exact) mass is 317 g/mol. The fourth-order valence-electron chi connectivity index (χ4n) is 2.31. The molecule has 0 bridgehead atoms. The number of nitrogens with zero attached hydrogens (tertiary/aromatic N) is 3. The van der Waals surface area contributed by atoms with E-state index in [0.717, 1.165) is 11.3 Å². The van der Waals surface area contributed by atoms with Gasteiger partial charge in [-0.25, -0.2) is 0 Å². The molecule has 1 aliphatic rings. The van der Waals surface area contributed by atoms with Crippen molar-refractivity contribution in [1.29, 1.82) is 0 Å². The van der Waals surface area contributed by atoms with Crippen LogP contribution in [0.2, 0.25) is 5.02 Å². The third-order valence-electron chi connectivity index (χ3n) is 3.54. The second-order valence-corrected chi connectivity index (χ2v) is 7.69. The number of benzene rings is 1. The smallest absolute Gasteiger partial charge is 0.281 e. The summed E-state index contributed by atoms with van der Waals surface area (Å²) in [6.45, 7) is 4.37. The lowest BCUT2D eigenvalue weighted by Crippen LogP contribution is -2.51. The first-order valence-corrected chi connectivity index (χ1v) is 8.28. The minimum atomic E-state index is -3.31. The molecule has 1 aliphatic heterocycles. The number of anilines is 1. The zero-order valence-electron chi connectivity index (χ0n) is 12.0. The molecule has 0 saturated carbocycles. The normalized spacial score (nSPS) is 17.8. The zero-order chi connectivity index (χ0) is 14.9. The molecule has 0 spiro atoms. The van der Waals surface area contributed by atoms with Gasteiger partial charge in [0, 0.05) is 51.0 Å². The van der Waals surface area contributed by atoms with Gasteiger partial charge in [-0.05, 0) is 24.6 Å². The average Bonchev–Trinajstić information content (AvgIpc) is 2.41. The van der Waals surface area contributed by atoms with Crippen LogP contribution in [0, 0.1) is 6.92 Å². The van der Waals surface area contributed by atoms with Crippen molar-refractivity contribution in [1.82, 2.24) is 8.61 Å². The van der Waals surface area contributed by atoms with Crippen molar-refractivity contribution in [2.24, 2.45) is 0 Å². The van der Waals surface area contributed by atoms with Gasteiger partial charge in [0.25, 0.3) is 10.2 Å². The first kappa shape index (κ1) is 15.6. The lowest BCUT2D eigenvalue weighted by Gasteiger charge is -2.37. The Hall–Kier alpha value is -0.820.